The van der Waals surface area contributed by atoms with Crippen LogP contribution in [0.4, 0.5) is 42.9 Å². The van der Waals surface area contributed by atoms with Gasteiger partial charge in [0.1, 0.15) is 11.6 Å². The Morgan fingerprint density at radius 2 is 0.556 bits per heavy atom. The molecule has 0 amide bonds. The molecule has 0 aliphatic carbocycles. The average Bonchev–Trinajstić information content (AvgIpc) is 1.45. The summed E-state index contributed by atoms with van der Waals surface area (Å²) in [5.74, 6) is 2.29. The molecule has 0 unspecified atom stereocenters. The van der Waals surface area contributed by atoms with Crippen LogP contribution >= 0.6 is 31.9 Å². The van der Waals surface area contributed by atoms with Gasteiger partial charge in [0.05, 0.1) is 73.4 Å². The standard InChI is InChI=1S/C47H42FN5.C26H29BrN2.C21H13BrFN3.C12H24B2O4/c1-26-28(3)32(7)43-39(30(26)5)24-40-31(6)27(2)29(4)33(8)44(40)53(43)42-25-49-22-21-38(42)37-20-19-36(23-41(37)48)47-51-45(34-15-11-9-12-16-34)50-46(52-47)35-17-13-10-14-18-35;1-13-15(3)19(7)25-21(17(13)5)11-22-18(6)14(2)16(4)20(8)26(22)29(25)24-12-28-10-9-23(24)27;22-17-12-11-16(13-18(17)23)21-25-19(14-7-3-1-4-8-14)24-20(26-21)15-9-5-2-6-10-15;1-9(2)10(3,4)16-13(15-9)14-17-11(5,6)12(7,8)18-14/h9-23,25H,24H2,1-8H3;9-10,12H,11H2,1-8H3;1-13H;1-8H3. The summed E-state index contributed by atoms with van der Waals surface area (Å²) in [6, 6.07) is 53.1. The molecule has 640 valence electrons. The first kappa shape index (κ1) is 89.7. The fraction of sp³-hybridized carbons (Fsp3) is 0.283. The molecule has 14 nitrogen and oxygen atoms in total. The second-order valence-electron chi connectivity index (χ2n) is 35.7. The molecule has 0 N–H and O–H groups in total. The Morgan fingerprint density at radius 3 is 0.857 bits per heavy atom. The first-order valence-corrected chi connectivity index (χ1v) is 44.6. The lowest BCUT2D eigenvalue weighted by Crippen LogP contribution is -2.41. The normalized spacial score (nSPS) is 14.8. The van der Waals surface area contributed by atoms with Crippen LogP contribution < -0.4 is 9.80 Å². The first-order valence-electron chi connectivity index (χ1n) is 43.0. The van der Waals surface area contributed by atoms with Gasteiger partial charge in [-0.2, -0.15) is 0 Å². The van der Waals surface area contributed by atoms with Gasteiger partial charge in [-0.15, -0.1) is 0 Å². The highest BCUT2D eigenvalue weighted by Gasteiger charge is 2.64. The van der Waals surface area contributed by atoms with Crippen LogP contribution in [0.2, 0.25) is 0 Å². The van der Waals surface area contributed by atoms with Gasteiger partial charge in [0.15, 0.2) is 34.9 Å². The molecule has 4 aromatic heterocycles. The highest BCUT2D eigenvalue weighted by Crippen LogP contribution is 2.56. The molecule has 0 radical (unpaired) electrons. The van der Waals surface area contributed by atoms with E-state index in [0.29, 0.717) is 56.1 Å². The summed E-state index contributed by atoms with van der Waals surface area (Å²) in [5, 5.41) is 0. The topological polar surface area (TPSA) is 147 Å². The van der Waals surface area contributed by atoms with Gasteiger partial charge in [0.25, 0.3) is 0 Å². The number of hydrogen-bond donors (Lipinski definition) is 0. The zero-order valence-corrected chi connectivity index (χ0v) is 79.8. The molecule has 10 aromatic carbocycles. The third-order valence-electron chi connectivity index (χ3n) is 27.6. The number of halogens is 4. The molecule has 4 aliphatic heterocycles. The van der Waals surface area contributed by atoms with Crippen molar-refractivity contribution < 1.29 is 27.4 Å². The van der Waals surface area contributed by atoms with Crippen LogP contribution in [0.25, 0.3) is 79.5 Å². The highest BCUT2D eigenvalue weighted by atomic mass is 79.9. The molecule has 8 heterocycles. The summed E-state index contributed by atoms with van der Waals surface area (Å²) in [6.07, 6.45) is 9.30. The minimum atomic E-state index is -0.476. The molecule has 0 saturated carbocycles. The van der Waals surface area contributed by atoms with E-state index < -0.39 is 14.0 Å². The maximum Gasteiger partial charge on any atom is 0.488 e. The molecule has 20 heteroatoms. The molecule has 14 aromatic rings. The molecular weight excluding hydrogens is 1700 g/mol. The lowest BCUT2D eigenvalue weighted by Gasteiger charge is -2.40. The molecule has 0 atom stereocenters. The Morgan fingerprint density at radius 1 is 0.286 bits per heavy atom. The van der Waals surface area contributed by atoms with Crippen molar-refractivity contribution in [3.8, 4) is 79.5 Å². The van der Waals surface area contributed by atoms with E-state index in [4.69, 9.17) is 33.6 Å². The Labute approximate surface area is 759 Å². The number of pyridine rings is 2. The van der Waals surface area contributed by atoms with Crippen LogP contribution in [0.1, 0.15) is 167 Å². The summed E-state index contributed by atoms with van der Waals surface area (Å²) in [6.45, 7) is 52.1. The van der Waals surface area contributed by atoms with E-state index in [1.54, 1.807) is 24.4 Å². The van der Waals surface area contributed by atoms with Gasteiger partial charge in [0, 0.05) is 74.2 Å². The van der Waals surface area contributed by atoms with E-state index in [-0.39, 0.29) is 34.0 Å². The lowest BCUT2D eigenvalue weighted by molar-refractivity contribution is 0.00578. The molecular formula is C106H108B2Br2F2N10O4. The number of rotatable bonds is 10. The number of aromatic nitrogens is 8. The Balaban J connectivity index is 0.000000142. The van der Waals surface area contributed by atoms with Crippen LogP contribution in [0.15, 0.2) is 204 Å². The highest BCUT2D eigenvalue weighted by molar-refractivity contribution is 9.10. The maximum atomic E-state index is 16.8. The minimum Gasteiger partial charge on any atom is -0.405 e. The minimum absolute atomic E-state index is 0.356. The van der Waals surface area contributed by atoms with E-state index >= 15 is 4.39 Å². The van der Waals surface area contributed by atoms with Crippen molar-refractivity contribution in [3.05, 3.63) is 326 Å². The number of anilines is 6. The van der Waals surface area contributed by atoms with Crippen molar-refractivity contribution in [2.45, 2.75) is 201 Å². The fourth-order valence-electron chi connectivity index (χ4n) is 17.3. The van der Waals surface area contributed by atoms with Crippen molar-refractivity contribution in [1.29, 1.82) is 0 Å². The lowest BCUT2D eigenvalue weighted by atomic mass is 9.49. The van der Waals surface area contributed by atoms with Gasteiger partial charge in [-0.25, -0.2) is 38.7 Å². The van der Waals surface area contributed by atoms with Crippen molar-refractivity contribution >= 4 is 80.0 Å². The van der Waals surface area contributed by atoms with Crippen LogP contribution in [0.3, 0.4) is 0 Å². The summed E-state index contributed by atoms with van der Waals surface area (Å²) in [5.41, 5.74) is 38.3. The Hall–Kier alpha value is -11.1. The average molecular weight is 1810 g/mol. The summed E-state index contributed by atoms with van der Waals surface area (Å²) in [4.78, 5) is 42.2. The number of hydrogen-bond acceptors (Lipinski definition) is 14. The summed E-state index contributed by atoms with van der Waals surface area (Å²) >= 11 is 6.98. The van der Waals surface area contributed by atoms with E-state index in [9.17, 15) is 4.39 Å². The van der Waals surface area contributed by atoms with Gasteiger partial charge in [0.2, 0.25) is 0 Å². The maximum absolute atomic E-state index is 16.8. The third kappa shape index (κ3) is 16.7. The van der Waals surface area contributed by atoms with Crippen LogP contribution in [-0.2, 0) is 31.5 Å². The van der Waals surface area contributed by atoms with Crippen LogP contribution in [-0.4, -0.2) is 76.3 Å². The molecule has 4 aliphatic rings. The SMILES string of the molecule is CC1(C)OB(B2OC(C)(C)C(C)(C)O2)OC1(C)C.Cc1c(C)c(C)c2c(c1C)Cc1c(C)c(C)c(C)c(C)c1N2c1cnccc1-c1ccc(-c2nc(-c3ccccc3)nc(-c3ccccc3)n2)cc1F.Cc1c(C)c(C)c2c(c1C)Cc1c(C)c(C)c(C)c(C)c1N2c1cnccc1Br.Fc1cc(-c2nc(-c3ccccc3)nc(-c3ccccc3)n2)ccc1Br. The second kappa shape index (κ2) is 35.3. The van der Waals surface area contributed by atoms with Crippen LogP contribution in [0, 0.1) is 122 Å². The molecule has 0 spiro atoms. The summed E-state index contributed by atoms with van der Waals surface area (Å²) < 4.78 is 56.1. The first-order chi connectivity index (χ1) is 59.8. The zero-order chi connectivity index (χ0) is 90.2. The van der Waals surface area contributed by atoms with E-state index in [1.165, 1.54) is 140 Å². The number of nitrogens with zero attached hydrogens (tertiary/aromatic N) is 10. The van der Waals surface area contributed by atoms with Gasteiger partial charge in [-0.3, -0.25) is 9.97 Å². The largest absolute Gasteiger partial charge is 0.488 e. The van der Waals surface area contributed by atoms with Gasteiger partial charge in [-0.05, 0) is 346 Å². The number of fused-ring (bicyclic) bond motifs is 4. The van der Waals surface area contributed by atoms with Crippen molar-refractivity contribution in [3.63, 3.8) is 0 Å². The number of benzene rings is 10. The monoisotopic (exact) mass is 1800 g/mol. The molecule has 18 rings (SSSR count). The van der Waals surface area contributed by atoms with Gasteiger partial charge < -0.3 is 28.4 Å². The zero-order valence-electron chi connectivity index (χ0n) is 76.7. The van der Waals surface area contributed by atoms with Crippen molar-refractivity contribution in [1.82, 2.24) is 39.9 Å². The van der Waals surface area contributed by atoms with E-state index in [2.05, 4.69) is 177 Å². The Kier molecular flexibility index (Phi) is 25.1. The predicted molar refractivity (Wildman–Crippen MR) is 518 cm³/mol. The molecule has 2 fully saturated rings. The van der Waals surface area contributed by atoms with Gasteiger partial charge in [-0.1, -0.05) is 133 Å². The second-order valence-corrected chi connectivity index (χ2v) is 37.4. The quantitative estimate of drug-likeness (QED) is 0.120. The van der Waals surface area contributed by atoms with Crippen molar-refractivity contribution in [2.75, 3.05) is 9.80 Å². The summed E-state index contributed by atoms with van der Waals surface area (Å²) in [7, 11) is -0.952. The van der Waals surface area contributed by atoms with E-state index in [0.717, 1.165) is 56.5 Å². The van der Waals surface area contributed by atoms with Gasteiger partial charge >= 0.3 is 14.0 Å². The van der Waals surface area contributed by atoms with Crippen LogP contribution in [0.5, 0.6) is 0 Å². The molecule has 126 heavy (non-hydrogen) atoms. The Bertz CT molecular complexity index is 6280. The van der Waals surface area contributed by atoms with E-state index in [1.807, 2.05) is 220 Å². The predicted octanol–water partition coefficient (Wildman–Crippen LogP) is 27.6. The third-order valence-corrected chi connectivity index (χ3v) is 28.9. The smallest absolute Gasteiger partial charge is 0.405 e. The molecule has 2 saturated heterocycles. The fourth-order valence-corrected chi connectivity index (χ4v) is 18.0. The van der Waals surface area contributed by atoms with Crippen molar-refractivity contribution in [2.24, 2.45) is 0 Å². The molecule has 0 bridgehead atoms.